The lowest BCUT2D eigenvalue weighted by molar-refractivity contribution is 0.435. The first-order valence-corrected chi connectivity index (χ1v) is 22.2. The highest BCUT2D eigenvalue weighted by Crippen LogP contribution is 2.61. The van der Waals surface area contributed by atoms with Gasteiger partial charge in [-0.25, -0.2) is 0 Å². The molecule has 5 heteroatoms. The van der Waals surface area contributed by atoms with Crippen molar-refractivity contribution < 1.29 is 9.30 Å². The summed E-state index contributed by atoms with van der Waals surface area (Å²) in [7, 11) is -3.16. The summed E-state index contributed by atoms with van der Waals surface area (Å²) in [5.41, 5.74) is 10.7. The van der Waals surface area contributed by atoms with Crippen molar-refractivity contribution in [1.29, 1.82) is 0 Å². The molecule has 0 aliphatic carbocycles. The van der Waals surface area contributed by atoms with E-state index in [0.29, 0.717) is 0 Å². The molecule has 4 heterocycles. The Balaban J connectivity index is 1.11. The molecule has 2 aromatic heterocycles. The van der Waals surface area contributed by atoms with Crippen LogP contribution in [0.5, 0.6) is 11.5 Å². The monoisotopic (exact) mass is 786 g/mol. The molecule has 13 rings (SSSR count). The topological polar surface area (TPSA) is 36.2 Å². The van der Waals surface area contributed by atoms with Crippen molar-refractivity contribution in [3.63, 3.8) is 0 Å². The number of fused-ring (bicyclic) bond motifs is 14. The fourth-order valence-electron chi connectivity index (χ4n) is 10.6. The van der Waals surface area contributed by atoms with Gasteiger partial charge in [-0.15, -0.1) is 0 Å². The maximum Gasteiger partial charge on any atom is 0.171 e. The number of rotatable bonds is 4. The van der Waals surface area contributed by atoms with Gasteiger partial charge in [-0.05, 0) is 71.8 Å². The van der Waals surface area contributed by atoms with E-state index in [9.17, 15) is 0 Å². The molecule has 2 aliphatic heterocycles. The number of benzene rings is 9. The summed E-state index contributed by atoms with van der Waals surface area (Å²) in [5, 5.41) is 7.17. The molecule has 0 amide bonds. The molecule has 1 unspecified atom stereocenters. The molecule has 4 nitrogen and oxygen atoms in total. The minimum absolute atomic E-state index is 0.692. The molecule has 0 radical (unpaired) electrons. The number of ether oxygens (including phenoxy) is 1. The second-order valence-electron chi connectivity index (χ2n) is 15.9. The third-order valence-corrected chi connectivity index (χ3v) is 16.1. The summed E-state index contributed by atoms with van der Waals surface area (Å²) in [5.74, 6) is 1.71. The summed E-state index contributed by atoms with van der Waals surface area (Å²) >= 11 is 0. The molecule has 9 aromatic carbocycles. The van der Waals surface area contributed by atoms with Gasteiger partial charge >= 0.3 is 0 Å². The van der Waals surface area contributed by atoms with Gasteiger partial charge in [-0.3, -0.25) is 0 Å². The Morgan fingerprint density at radius 2 is 0.933 bits per heavy atom. The normalized spacial score (nSPS) is 15.3. The molecule has 1 spiro atoms. The predicted octanol–water partition coefficient (Wildman–Crippen LogP) is 12.3. The van der Waals surface area contributed by atoms with E-state index in [-0.39, 0.29) is 0 Å². The first-order chi connectivity index (χ1) is 29.7. The van der Waals surface area contributed by atoms with Crippen LogP contribution in [0.3, 0.4) is 0 Å². The van der Waals surface area contributed by atoms with Crippen molar-refractivity contribution in [2.75, 3.05) is 0 Å². The summed E-state index contributed by atoms with van der Waals surface area (Å²) in [6.45, 7) is 0. The fraction of sp³-hybridized carbons (Fsp3) is 0.0182. The van der Waals surface area contributed by atoms with Gasteiger partial charge in [0.15, 0.2) is 7.14 Å². The standard InChI is InChI=1S/C55H35N2O2P/c58-60(37-16-3-1-4-17-37,38-18-5-2-6-19-38)39-32-30-36(31-33-39)56-48-26-11-8-21-41(48)43-34-53-47(35-51(43)56)55(45-24-10-14-29-52(45)59-53)44-23-9-13-28-50(44)57-49-27-12-7-20-40(49)42-22-15-25-46(55)54(42)57/h1-35H. The smallest absolute Gasteiger partial charge is 0.171 e. The third-order valence-electron chi connectivity index (χ3n) is 13.0. The number of aromatic nitrogens is 2. The SMILES string of the molecule is O=P(c1ccccc1)(c1ccccc1)c1ccc(-n2c3ccccc3c3cc4c(cc32)C2(c3ccccc3O4)c3ccccc3-n3c4ccccc4c4cccc2c43)cc1. The van der Waals surface area contributed by atoms with Crippen molar-refractivity contribution >= 4 is 66.7 Å². The van der Waals surface area contributed by atoms with Crippen LogP contribution < -0.4 is 20.7 Å². The van der Waals surface area contributed by atoms with Crippen LogP contribution in [0, 0.1) is 0 Å². The van der Waals surface area contributed by atoms with Crippen molar-refractivity contribution in [3.05, 3.63) is 235 Å². The van der Waals surface area contributed by atoms with Crippen LogP contribution in [0.25, 0.3) is 55.0 Å². The Morgan fingerprint density at radius 1 is 0.383 bits per heavy atom. The van der Waals surface area contributed by atoms with Gasteiger partial charge in [-0.1, -0.05) is 152 Å². The number of nitrogens with zero attached hydrogens (tertiary/aromatic N) is 2. The second kappa shape index (κ2) is 12.3. The van der Waals surface area contributed by atoms with Gasteiger partial charge in [0.25, 0.3) is 0 Å². The van der Waals surface area contributed by atoms with Crippen molar-refractivity contribution in [3.8, 4) is 22.9 Å². The molecule has 0 bridgehead atoms. The zero-order chi connectivity index (χ0) is 39.6. The highest BCUT2D eigenvalue weighted by Gasteiger charge is 2.50. The quantitative estimate of drug-likeness (QED) is 0.167. The fourth-order valence-corrected chi connectivity index (χ4v) is 13.2. The largest absolute Gasteiger partial charge is 0.457 e. The maximum absolute atomic E-state index is 15.4. The lowest BCUT2D eigenvalue weighted by Crippen LogP contribution is -2.37. The van der Waals surface area contributed by atoms with Crippen molar-refractivity contribution in [2.24, 2.45) is 0 Å². The van der Waals surface area contributed by atoms with E-state index in [4.69, 9.17) is 4.74 Å². The first kappa shape index (κ1) is 33.6. The molecule has 0 saturated heterocycles. The molecule has 0 fully saturated rings. The van der Waals surface area contributed by atoms with Crippen LogP contribution in [0.1, 0.15) is 22.3 Å². The molecule has 282 valence electrons. The van der Waals surface area contributed by atoms with Crippen molar-refractivity contribution in [1.82, 2.24) is 9.13 Å². The van der Waals surface area contributed by atoms with Crippen LogP contribution in [0.2, 0.25) is 0 Å². The van der Waals surface area contributed by atoms with E-state index >= 15 is 4.57 Å². The van der Waals surface area contributed by atoms with E-state index in [2.05, 4.69) is 161 Å². The Hall–Kier alpha value is -7.39. The molecule has 0 N–H and O–H groups in total. The molecule has 11 aromatic rings. The Bertz CT molecular complexity index is 3560. The van der Waals surface area contributed by atoms with Gasteiger partial charge in [0.05, 0.1) is 33.2 Å². The molecule has 0 saturated carbocycles. The number of hydrogen-bond donors (Lipinski definition) is 0. The minimum Gasteiger partial charge on any atom is -0.457 e. The van der Waals surface area contributed by atoms with Crippen LogP contribution in [-0.4, -0.2) is 9.13 Å². The van der Waals surface area contributed by atoms with Crippen molar-refractivity contribution in [2.45, 2.75) is 5.41 Å². The summed E-state index contributed by atoms with van der Waals surface area (Å²) in [6, 6.07) is 74.5. The van der Waals surface area contributed by atoms with Gasteiger partial charge in [0, 0.05) is 54.3 Å². The average molecular weight is 787 g/mol. The van der Waals surface area contributed by atoms with Gasteiger partial charge in [-0.2, -0.15) is 0 Å². The molecule has 60 heavy (non-hydrogen) atoms. The van der Waals surface area contributed by atoms with E-state index < -0.39 is 12.6 Å². The lowest BCUT2D eigenvalue weighted by atomic mass is 9.61. The highest BCUT2D eigenvalue weighted by molar-refractivity contribution is 7.85. The van der Waals surface area contributed by atoms with Crippen LogP contribution in [0.4, 0.5) is 0 Å². The van der Waals surface area contributed by atoms with E-state index in [1.54, 1.807) is 0 Å². The zero-order valence-corrected chi connectivity index (χ0v) is 33.3. The van der Waals surface area contributed by atoms with Crippen LogP contribution >= 0.6 is 7.14 Å². The molecule has 2 aliphatic rings. The van der Waals surface area contributed by atoms with E-state index in [1.165, 1.54) is 38.6 Å². The first-order valence-electron chi connectivity index (χ1n) is 20.5. The zero-order valence-electron chi connectivity index (χ0n) is 32.4. The lowest BCUT2D eigenvalue weighted by Gasteiger charge is -2.45. The predicted molar refractivity (Wildman–Crippen MR) is 246 cm³/mol. The Morgan fingerprint density at radius 3 is 1.67 bits per heavy atom. The van der Waals surface area contributed by atoms with Crippen LogP contribution in [-0.2, 0) is 9.98 Å². The molecule has 1 atom stereocenters. The maximum atomic E-state index is 15.4. The van der Waals surface area contributed by atoms with Crippen LogP contribution in [0.15, 0.2) is 212 Å². The van der Waals surface area contributed by atoms with E-state index in [1.807, 2.05) is 60.7 Å². The number of hydrogen-bond acceptors (Lipinski definition) is 2. The summed E-state index contributed by atoms with van der Waals surface area (Å²) < 4.78 is 27.2. The summed E-state index contributed by atoms with van der Waals surface area (Å²) in [6.07, 6.45) is 0. The second-order valence-corrected chi connectivity index (χ2v) is 18.7. The summed E-state index contributed by atoms with van der Waals surface area (Å²) in [4.78, 5) is 0. The van der Waals surface area contributed by atoms with Gasteiger partial charge in [0.1, 0.15) is 11.5 Å². The average Bonchev–Trinajstić information content (AvgIpc) is 3.83. The van der Waals surface area contributed by atoms with Gasteiger partial charge in [0.2, 0.25) is 0 Å². The molecular weight excluding hydrogens is 752 g/mol. The Kier molecular flexibility index (Phi) is 6.89. The molecular formula is C55H35N2O2P. The highest BCUT2D eigenvalue weighted by atomic mass is 31.2. The minimum atomic E-state index is -3.16. The number of para-hydroxylation sites is 5. The third kappa shape index (κ3) is 4.28. The van der Waals surface area contributed by atoms with Gasteiger partial charge < -0.3 is 18.4 Å². The Labute approximate surface area is 346 Å². The van der Waals surface area contributed by atoms with E-state index in [0.717, 1.165) is 66.0 Å².